The number of nitrogens with zero attached hydrogens (tertiary/aromatic N) is 1. The van der Waals surface area contributed by atoms with Crippen molar-refractivity contribution in [2.75, 3.05) is 19.7 Å². The minimum absolute atomic E-state index is 0.255. The number of imide groups is 1. The van der Waals surface area contributed by atoms with Gasteiger partial charge in [-0.25, -0.2) is 0 Å². The maximum atomic E-state index is 12.0. The van der Waals surface area contributed by atoms with Gasteiger partial charge in [0.25, 0.3) is 11.1 Å². The average molecular weight is 292 g/mol. The van der Waals surface area contributed by atoms with Crippen LogP contribution >= 0.6 is 11.8 Å². The van der Waals surface area contributed by atoms with Crippen LogP contribution in [0.2, 0.25) is 0 Å². The molecular weight excluding hydrogens is 276 g/mol. The van der Waals surface area contributed by atoms with E-state index in [1.165, 1.54) is 4.90 Å². The molecule has 6 heteroatoms. The van der Waals surface area contributed by atoms with Gasteiger partial charge in [-0.3, -0.25) is 14.5 Å². The van der Waals surface area contributed by atoms with Crippen LogP contribution in [0.1, 0.15) is 12.5 Å². The number of rotatable bonds is 5. The fraction of sp³-hybridized carbons (Fsp3) is 0.286. The van der Waals surface area contributed by atoms with E-state index >= 15 is 0 Å². The molecule has 1 aliphatic rings. The first-order valence-electron chi connectivity index (χ1n) is 6.34. The zero-order chi connectivity index (χ0) is 14.5. The van der Waals surface area contributed by atoms with Gasteiger partial charge in [-0.15, -0.1) is 0 Å². The Morgan fingerprint density at radius 1 is 1.30 bits per heavy atom. The van der Waals surface area contributed by atoms with E-state index in [-0.39, 0.29) is 24.2 Å². The topological polar surface area (TPSA) is 72.6 Å². The molecule has 0 atom stereocenters. The number of amides is 2. The van der Waals surface area contributed by atoms with Crippen molar-refractivity contribution in [3.05, 3.63) is 34.7 Å². The molecule has 0 radical (unpaired) electrons. The summed E-state index contributed by atoms with van der Waals surface area (Å²) < 4.78 is 5.35. The molecule has 0 aliphatic carbocycles. The second-order valence-electron chi connectivity index (χ2n) is 4.12. The molecule has 106 valence electrons. The summed E-state index contributed by atoms with van der Waals surface area (Å²) in [6, 6.07) is 7.36. The molecule has 0 spiro atoms. The lowest BCUT2D eigenvalue weighted by Gasteiger charge is -2.09. The van der Waals surface area contributed by atoms with E-state index in [4.69, 9.17) is 10.5 Å². The number of hydrogen-bond acceptors (Lipinski definition) is 5. The van der Waals surface area contributed by atoms with Gasteiger partial charge in [0.05, 0.1) is 11.5 Å². The molecule has 0 saturated carbocycles. The molecule has 1 aliphatic heterocycles. The predicted molar refractivity (Wildman–Crippen MR) is 79.3 cm³/mol. The average Bonchev–Trinajstić information content (AvgIpc) is 2.69. The highest BCUT2D eigenvalue weighted by Crippen LogP contribution is 2.32. The molecule has 1 heterocycles. The molecule has 1 saturated heterocycles. The Labute approximate surface area is 121 Å². The molecule has 2 N–H and O–H groups in total. The van der Waals surface area contributed by atoms with Crippen LogP contribution in [0.3, 0.4) is 0 Å². The van der Waals surface area contributed by atoms with Gasteiger partial charge >= 0.3 is 0 Å². The number of carbonyl (C=O) groups is 2. The molecule has 5 nitrogen and oxygen atoms in total. The number of ether oxygens (including phenoxy) is 1. The lowest BCUT2D eigenvalue weighted by Crippen LogP contribution is -2.33. The van der Waals surface area contributed by atoms with E-state index in [0.29, 0.717) is 11.5 Å². The summed E-state index contributed by atoms with van der Waals surface area (Å²) in [5.41, 5.74) is 6.24. The summed E-state index contributed by atoms with van der Waals surface area (Å²) in [7, 11) is 0. The Morgan fingerprint density at radius 2 is 2.00 bits per heavy atom. The van der Waals surface area contributed by atoms with Gasteiger partial charge in [-0.2, -0.15) is 0 Å². The Kier molecular flexibility index (Phi) is 4.81. The standard InChI is InChI=1S/C14H16N2O3S/c1-2-19-11-5-3-10(4-6-11)9-12-13(17)16(8-7-15)14(18)20-12/h3-6,9H,2,7-8,15H2,1H3/b12-9+. The van der Waals surface area contributed by atoms with Gasteiger partial charge in [0.15, 0.2) is 0 Å². The van der Waals surface area contributed by atoms with Crippen molar-refractivity contribution in [2.45, 2.75) is 6.92 Å². The monoisotopic (exact) mass is 292 g/mol. The summed E-state index contributed by atoms with van der Waals surface area (Å²) in [5, 5.41) is -0.266. The van der Waals surface area contributed by atoms with Gasteiger partial charge in [0, 0.05) is 13.1 Å². The lowest BCUT2D eigenvalue weighted by molar-refractivity contribution is -0.122. The fourth-order valence-electron chi connectivity index (χ4n) is 1.80. The van der Waals surface area contributed by atoms with E-state index < -0.39 is 0 Å². The van der Waals surface area contributed by atoms with Crippen molar-refractivity contribution >= 4 is 29.0 Å². The molecule has 0 unspecified atom stereocenters. The van der Waals surface area contributed by atoms with Crippen molar-refractivity contribution in [3.63, 3.8) is 0 Å². The van der Waals surface area contributed by atoms with E-state index in [2.05, 4.69) is 0 Å². The molecule has 20 heavy (non-hydrogen) atoms. The first-order valence-corrected chi connectivity index (χ1v) is 7.15. The molecule has 1 fully saturated rings. The highest BCUT2D eigenvalue weighted by molar-refractivity contribution is 8.18. The smallest absolute Gasteiger partial charge is 0.293 e. The van der Waals surface area contributed by atoms with E-state index in [1.54, 1.807) is 6.08 Å². The van der Waals surface area contributed by atoms with Crippen LogP contribution in [0, 0.1) is 0 Å². The van der Waals surface area contributed by atoms with Crippen molar-refractivity contribution in [3.8, 4) is 5.75 Å². The SMILES string of the molecule is CCOc1ccc(/C=C2/SC(=O)N(CCN)C2=O)cc1. The molecular formula is C14H16N2O3S. The van der Waals surface area contributed by atoms with Gasteiger partial charge in [-0.05, 0) is 42.5 Å². The van der Waals surface area contributed by atoms with E-state index in [1.807, 2.05) is 31.2 Å². The van der Waals surface area contributed by atoms with Gasteiger partial charge in [-0.1, -0.05) is 12.1 Å². The quantitative estimate of drug-likeness (QED) is 0.841. The third-order valence-electron chi connectivity index (χ3n) is 2.72. The molecule has 1 aromatic carbocycles. The molecule has 0 aromatic heterocycles. The zero-order valence-electron chi connectivity index (χ0n) is 11.2. The Morgan fingerprint density at radius 3 is 2.60 bits per heavy atom. The summed E-state index contributed by atoms with van der Waals surface area (Å²) in [6.45, 7) is 3.05. The van der Waals surface area contributed by atoms with Crippen molar-refractivity contribution in [1.29, 1.82) is 0 Å². The third-order valence-corrected chi connectivity index (χ3v) is 3.62. The number of nitrogens with two attached hydrogens (primary N) is 1. The Hall–Kier alpha value is -1.79. The normalized spacial score (nSPS) is 17.1. The highest BCUT2D eigenvalue weighted by Gasteiger charge is 2.34. The second kappa shape index (κ2) is 6.58. The van der Waals surface area contributed by atoms with E-state index in [9.17, 15) is 9.59 Å². The first-order chi connectivity index (χ1) is 9.65. The van der Waals surface area contributed by atoms with Crippen molar-refractivity contribution in [1.82, 2.24) is 4.90 Å². The number of carbonyl (C=O) groups excluding carboxylic acids is 2. The minimum Gasteiger partial charge on any atom is -0.494 e. The fourth-order valence-corrected chi connectivity index (χ4v) is 2.67. The maximum absolute atomic E-state index is 12.0. The number of hydrogen-bond donors (Lipinski definition) is 1. The van der Waals surface area contributed by atoms with Crippen LogP contribution in [-0.2, 0) is 4.79 Å². The summed E-state index contributed by atoms with van der Waals surface area (Å²) in [6.07, 6.45) is 1.71. The number of thioether (sulfide) groups is 1. The third kappa shape index (κ3) is 3.20. The maximum Gasteiger partial charge on any atom is 0.293 e. The Balaban J connectivity index is 2.15. The second-order valence-corrected chi connectivity index (χ2v) is 5.12. The van der Waals surface area contributed by atoms with Gasteiger partial charge in [0.1, 0.15) is 5.75 Å². The summed E-state index contributed by atoms with van der Waals surface area (Å²) in [4.78, 5) is 25.3. The zero-order valence-corrected chi connectivity index (χ0v) is 12.0. The molecule has 2 rings (SSSR count). The molecule has 0 bridgehead atoms. The lowest BCUT2D eigenvalue weighted by atomic mass is 10.2. The van der Waals surface area contributed by atoms with Crippen LogP contribution in [0.25, 0.3) is 6.08 Å². The van der Waals surface area contributed by atoms with Crippen LogP contribution in [0.15, 0.2) is 29.2 Å². The largest absolute Gasteiger partial charge is 0.494 e. The highest BCUT2D eigenvalue weighted by atomic mass is 32.2. The van der Waals surface area contributed by atoms with Crippen molar-refractivity contribution in [2.24, 2.45) is 5.73 Å². The van der Waals surface area contributed by atoms with Crippen molar-refractivity contribution < 1.29 is 14.3 Å². The molecule has 1 aromatic rings. The van der Waals surface area contributed by atoms with Crippen LogP contribution < -0.4 is 10.5 Å². The van der Waals surface area contributed by atoms with Crippen LogP contribution in [0.4, 0.5) is 4.79 Å². The van der Waals surface area contributed by atoms with Gasteiger partial charge < -0.3 is 10.5 Å². The van der Waals surface area contributed by atoms with E-state index in [0.717, 1.165) is 23.1 Å². The molecule has 2 amide bonds. The predicted octanol–water partition coefficient (Wildman–Crippen LogP) is 2.08. The number of benzene rings is 1. The minimum atomic E-state index is -0.278. The van der Waals surface area contributed by atoms with Gasteiger partial charge in [0.2, 0.25) is 0 Å². The summed E-state index contributed by atoms with van der Waals surface area (Å²) in [5.74, 6) is 0.500. The van der Waals surface area contributed by atoms with Crippen LogP contribution in [-0.4, -0.2) is 35.7 Å². The van der Waals surface area contributed by atoms with Crippen LogP contribution in [0.5, 0.6) is 5.75 Å². The Bertz CT molecular complexity index is 540. The summed E-state index contributed by atoms with van der Waals surface area (Å²) >= 11 is 0.943. The first kappa shape index (κ1) is 14.6.